The second-order valence-electron chi connectivity index (χ2n) is 5.61. The van der Waals surface area contributed by atoms with Crippen LogP contribution in [0.15, 0.2) is 22.7 Å². The van der Waals surface area contributed by atoms with Crippen molar-refractivity contribution in [2.24, 2.45) is 0 Å². The number of halogens is 1. The predicted molar refractivity (Wildman–Crippen MR) is 82.0 cm³/mol. The van der Waals surface area contributed by atoms with E-state index in [2.05, 4.69) is 26.1 Å². The maximum atomic E-state index is 10.7. The zero-order valence-corrected chi connectivity index (χ0v) is 12.8. The minimum Gasteiger partial charge on any atom is -0.381 e. The smallest absolute Gasteiger partial charge is 0.270 e. The monoisotopic (exact) mass is 339 g/mol. The number of piperidine rings is 1. The standard InChI is InChI=1S/C14H18BrN3O2/c15-13-9-12(18(19)20)3-4-14(13)16-10-5-7-17(8-6-10)11-1-2-11/h3-4,9-11,16H,1-2,5-8H2. The van der Waals surface area contributed by atoms with Crippen molar-refractivity contribution >= 4 is 27.3 Å². The molecule has 0 bridgehead atoms. The van der Waals surface area contributed by atoms with E-state index in [1.807, 2.05) is 0 Å². The molecule has 2 fully saturated rings. The number of anilines is 1. The van der Waals surface area contributed by atoms with Crippen LogP contribution in [-0.4, -0.2) is 35.0 Å². The number of hydrogen-bond donors (Lipinski definition) is 1. The van der Waals surface area contributed by atoms with Crippen LogP contribution in [0.2, 0.25) is 0 Å². The zero-order valence-electron chi connectivity index (χ0n) is 11.2. The first kappa shape index (κ1) is 13.8. The maximum Gasteiger partial charge on any atom is 0.270 e. The van der Waals surface area contributed by atoms with Gasteiger partial charge >= 0.3 is 0 Å². The lowest BCUT2D eigenvalue weighted by Gasteiger charge is -2.33. The fourth-order valence-electron chi connectivity index (χ4n) is 2.80. The largest absolute Gasteiger partial charge is 0.381 e. The molecule has 1 aliphatic carbocycles. The number of nitro groups is 1. The first-order valence-corrected chi connectivity index (χ1v) is 7.87. The molecule has 3 rings (SSSR count). The van der Waals surface area contributed by atoms with E-state index in [1.54, 1.807) is 18.2 Å². The highest BCUT2D eigenvalue weighted by atomic mass is 79.9. The number of likely N-dealkylation sites (tertiary alicyclic amines) is 1. The molecule has 0 amide bonds. The molecule has 0 atom stereocenters. The van der Waals surface area contributed by atoms with Crippen LogP contribution in [0.3, 0.4) is 0 Å². The van der Waals surface area contributed by atoms with Gasteiger partial charge in [-0.25, -0.2) is 0 Å². The SMILES string of the molecule is O=[N+]([O-])c1ccc(NC2CCN(C3CC3)CC2)c(Br)c1. The number of benzene rings is 1. The van der Waals surface area contributed by atoms with Crippen molar-refractivity contribution in [1.82, 2.24) is 4.90 Å². The Morgan fingerprint density at radius 3 is 2.50 bits per heavy atom. The molecule has 5 nitrogen and oxygen atoms in total. The number of nitro benzene ring substituents is 1. The predicted octanol–water partition coefficient (Wildman–Crippen LogP) is 3.40. The van der Waals surface area contributed by atoms with Gasteiger partial charge in [-0.3, -0.25) is 10.1 Å². The Morgan fingerprint density at radius 2 is 1.95 bits per heavy atom. The maximum absolute atomic E-state index is 10.7. The number of non-ortho nitro benzene ring substituents is 1. The minimum absolute atomic E-state index is 0.117. The summed E-state index contributed by atoms with van der Waals surface area (Å²) in [7, 11) is 0. The molecule has 1 aromatic rings. The molecule has 20 heavy (non-hydrogen) atoms. The van der Waals surface area contributed by atoms with E-state index in [9.17, 15) is 10.1 Å². The molecule has 1 saturated carbocycles. The van der Waals surface area contributed by atoms with E-state index in [1.165, 1.54) is 12.8 Å². The number of hydrogen-bond acceptors (Lipinski definition) is 4. The molecule has 1 N–H and O–H groups in total. The van der Waals surface area contributed by atoms with Gasteiger partial charge in [0.25, 0.3) is 5.69 Å². The van der Waals surface area contributed by atoms with E-state index >= 15 is 0 Å². The highest BCUT2D eigenvalue weighted by molar-refractivity contribution is 9.10. The Bertz CT molecular complexity index is 511. The molecule has 6 heteroatoms. The summed E-state index contributed by atoms with van der Waals surface area (Å²) in [5.74, 6) is 0. The van der Waals surface area contributed by atoms with Crippen LogP contribution >= 0.6 is 15.9 Å². The fraction of sp³-hybridized carbons (Fsp3) is 0.571. The van der Waals surface area contributed by atoms with Crippen LogP contribution in [0, 0.1) is 10.1 Å². The van der Waals surface area contributed by atoms with Crippen LogP contribution in [0.25, 0.3) is 0 Å². The third-order valence-electron chi connectivity index (χ3n) is 4.12. The summed E-state index contributed by atoms with van der Waals surface area (Å²) in [6.45, 7) is 2.32. The van der Waals surface area contributed by atoms with Gasteiger partial charge in [-0.15, -0.1) is 0 Å². The molecule has 1 aliphatic heterocycles. The Hall–Kier alpha value is -1.14. The van der Waals surface area contributed by atoms with Gasteiger partial charge in [0.1, 0.15) is 0 Å². The van der Waals surface area contributed by atoms with Crippen molar-refractivity contribution < 1.29 is 4.92 Å². The molecule has 1 saturated heterocycles. The van der Waals surface area contributed by atoms with Gasteiger partial charge in [0.15, 0.2) is 0 Å². The van der Waals surface area contributed by atoms with Gasteiger partial charge in [0.2, 0.25) is 0 Å². The molecule has 2 aliphatic rings. The highest BCUT2D eigenvalue weighted by Crippen LogP contribution is 2.32. The zero-order chi connectivity index (χ0) is 14.1. The van der Waals surface area contributed by atoms with Crippen LogP contribution in [0.5, 0.6) is 0 Å². The average molecular weight is 340 g/mol. The number of nitrogens with one attached hydrogen (secondary N) is 1. The normalized spacial score (nSPS) is 20.9. The second kappa shape index (κ2) is 5.69. The molecule has 108 valence electrons. The molecule has 1 aromatic carbocycles. The van der Waals surface area contributed by atoms with Crippen LogP contribution in [-0.2, 0) is 0 Å². The van der Waals surface area contributed by atoms with Crippen molar-refractivity contribution in [2.75, 3.05) is 18.4 Å². The molecular formula is C14H18BrN3O2. The summed E-state index contributed by atoms with van der Waals surface area (Å²) < 4.78 is 0.760. The van der Waals surface area contributed by atoms with Crippen molar-refractivity contribution in [3.8, 4) is 0 Å². The van der Waals surface area contributed by atoms with Gasteiger partial charge < -0.3 is 10.2 Å². The van der Waals surface area contributed by atoms with Gasteiger partial charge in [0.05, 0.1) is 4.92 Å². The molecular weight excluding hydrogens is 322 g/mol. The number of nitrogens with zero attached hydrogens (tertiary/aromatic N) is 2. The Balaban J connectivity index is 1.59. The summed E-state index contributed by atoms with van der Waals surface area (Å²) in [6, 6.07) is 6.20. The van der Waals surface area contributed by atoms with Crippen molar-refractivity contribution in [2.45, 2.75) is 37.8 Å². The van der Waals surface area contributed by atoms with Gasteiger partial charge in [-0.2, -0.15) is 0 Å². The van der Waals surface area contributed by atoms with E-state index in [4.69, 9.17) is 0 Å². The minimum atomic E-state index is -0.372. The van der Waals surface area contributed by atoms with Gasteiger partial charge in [0, 0.05) is 47.5 Å². The average Bonchev–Trinajstić information content (AvgIpc) is 3.26. The van der Waals surface area contributed by atoms with Crippen molar-refractivity contribution in [3.05, 3.63) is 32.8 Å². The van der Waals surface area contributed by atoms with E-state index in [0.29, 0.717) is 6.04 Å². The third-order valence-corrected chi connectivity index (χ3v) is 4.77. The molecule has 0 spiro atoms. The van der Waals surface area contributed by atoms with Gasteiger partial charge in [-0.05, 0) is 47.7 Å². The quantitative estimate of drug-likeness (QED) is 0.674. The van der Waals surface area contributed by atoms with Crippen LogP contribution in [0.4, 0.5) is 11.4 Å². The Morgan fingerprint density at radius 1 is 1.25 bits per heavy atom. The van der Waals surface area contributed by atoms with Crippen molar-refractivity contribution in [1.29, 1.82) is 0 Å². The molecule has 1 heterocycles. The second-order valence-corrected chi connectivity index (χ2v) is 6.46. The van der Waals surface area contributed by atoms with E-state index in [-0.39, 0.29) is 10.6 Å². The van der Waals surface area contributed by atoms with E-state index < -0.39 is 0 Å². The van der Waals surface area contributed by atoms with Gasteiger partial charge in [-0.1, -0.05) is 0 Å². The summed E-state index contributed by atoms with van der Waals surface area (Å²) >= 11 is 3.41. The summed E-state index contributed by atoms with van der Waals surface area (Å²) in [4.78, 5) is 12.9. The summed E-state index contributed by atoms with van der Waals surface area (Å²) in [6.07, 6.45) is 5.01. The fourth-order valence-corrected chi connectivity index (χ4v) is 3.28. The molecule has 0 unspecified atom stereocenters. The first-order valence-electron chi connectivity index (χ1n) is 7.08. The Labute approximate surface area is 126 Å². The van der Waals surface area contributed by atoms with Crippen LogP contribution < -0.4 is 5.32 Å². The first-order chi connectivity index (χ1) is 9.63. The third kappa shape index (κ3) is 3.12. The molecule has 0 radical (unpaired) electrons. The topological polar surface area (TPSA) is 58.4 Å². The lowest BCUT2D eigenvalue weighted by atomic mass is 10.0. The molecule has 0 aromatic heterocycles. The highest BCUT2D eigenvalue weighted by Gasteiger charge is 2.31. The summed E-state index contributed by atoms with van der Waals surface area (Å²) in [5.41, 5.74) is 1.06. The van der Waals surface area contributed by atoms with Crippen molar-refractivity contribution in [3.63, 3.8) is 0 Å². The number of rotatable bonds is 4. The Kier molecular flexibility index (Phi) is 3.94. The lowest BCUT2D eigenvalue weighted by Crippen LogP contribution is -2.40. The van der Waals surface area contributed by atoms with Crippen LogP contribution in [0.1, 0.15) is 25.7 Å². The lowest BCUT2D eigenvalue weighted by molar-refractivity contribution is -0.384. The summed E-state index contributed by atoms with van der Waals surface area (Å²) in [5, 5.41) is 14.2. The van der Waals surface area contributed by atoms with E-state index in [0.717, 1.165) is 42.1 Å².